The Bertz CT molecular complexity index is 769. The largest absolute Gasteiger partial charge is 0.478 e. The summed E-state index contributed by atoms with van der Waals surface area (Å²) in [5, 5.41) is 9.69. The summed E-state index contributed by atoms with van der Waals surface area (Å²) in [6.45, 7) is 2.11. The van der Waals surface area contributed by atoms with Crippen LogP contribution in [0.25, 0.3) is 0 Å². The van der Waals surface area contributed by atoms with Crippen LogP contribution >= 0.6 is 11.3 Å². The molecule has 8 heteroatoms. The number of carbonyl (C=O) groups is 1. The summed E-state index contributed by atoms with van der Waals surface area (Å²) in [6, 6.07) is 6.45. The molecule has 2 N–H and O–H groups in total. The molecule has 0 spiro atoms. The van der Waals surface area contributed by atoms with Crippen LogP contribution in [0.3, 0.4) is 0 Å². The molecule has 0 radical (unpaired) electrons. The lowest BCUT2D eigenvalue weighted by Crippen LogP contribution is -2.25. The monoisotopic (exact) mass is 340 g/mol. The summed E-state index contributed by atoms with van der Waals surface area (Å²) in [5.41, 5.74) is 0.955. The van der Waals surface area contributed by atoms with Gasteiger partial charge in [0.05, 0.1) is 16.8 Å². The van der Waals surface area contributed by atoms with Crippen molar-refractivity contribution in [3.05, 3.63) is 46.6 Å². The molecule has 1 heterocycles. The van der Waals surface area contributed by atoms with Crippen molar-refractivity contribution in [2.24, 2.45) is 0 Å². The molecule has 0 unspecified atom stereocenters. The quantitative estimate of drug-likeness (QED) is 0.803. The lowest BCUT2D eigenvalue weighted by Gasteiger charge is -2.05. The van der Waals surface area contributed by atoms with E-state index in [4.69, 9.17) is 5.11 Å². The molecule has 0 fully saturated rings. The van der Waals surface area contributed by atoms with Gasteiger partial charge in [0, 0.05) is 6.54 Å². The number of benzene rings is 1. The Hall–Kier alpha value is -1.77. The van der Waals surface area contributed by atoms with Crippen LogP contribution in [0, 0.1) is 0 Å². The van der Waals surface area contributed by atoms with Crippen LogP contribution in [0.4, 0.5) is 0 Å². The highest BCUT2D eigenvalue weighted by Crippen LogP contribution is 2.18. The maximum absolute atomic E-state index is 12.1. The molecule has 0 bridgehead atoms. The molecule has 0 amide bonds. The molecule has 118 valence electrons. The molecule has 2 rings (SSSR count). The minimum atomic E-state index is -3.56. The second-order valence-electron chi connectivity index (χ2n) is 4.58. The van der Waals surface area contributed by atoms with E-state index in [9.17, 15) is 13.2 Å². The topological polar surface area (TPSA) is 96.4 Å². The number of hydrogen-bond acceptors (Lipinski definition) is 5. The number of aromatic nitrogens is 1. The number of sulfonamides is 1. The maximum Gasteiger partial charge on any atom is 0.335 e. The molecule has 0 atom stereocenters. The summed E-state index contributed by atoms with van der Waals surface area (Å²) in [6.07, 6.45) is 2.47. The van der Waals surface area contributed by atoms with Gasteiger partial charge >= 0.3 is 5.97 Å². The van der Waals surface area contributed by atoms with Crippen molar-refractivity contribution in [1.82, 2.24) is 9.71 Å². The van der Waals surface area contributed by atoms with Gasteiger partial charge in [-0.3, -0.25) is 0 Å². The van der Waals surface area contributed by atoms with Crippen LogP contribution in [0.15, 0.2) is 34.7 Å². The van der Waals surface area contributed by atoms with Crippen LogP contribution in [0.1, 0.15) is 27.9 Å². The van der Waals surface area contributed by atoms with E-state index >= 15 is 0 Å². The molecule has 22 heavy (non-hydrogen) atoms. The third-order valence-electron chi connectivity index (χ3n) is 2.98. The third-order valence-corrected chi connectivity index (χ3v) is 6.04. The van der Waals surface area contributed by atoms with Crippen LogP contribution < -0.4 is 4.72 Å². The van der Waals surface area contributed by atoms with Gasteiger partial charge in [-0.1, -0.05) is 19.1 Å². The molecule has 0 saturated carbocycles. The molecule has 0 aliphatic heterocycles. The van der Waals surface area contributed by atoms with E-state index in [1.807, 2.05) is 6.92 Å². The number of carboxylic acids is 1. The van der Waals surface area contributed by atoms with Gasteiger partial charge in [-0.2, -0.15) is 0 Å². The fourth-order valence-electron chi connectivity index (χ4n) is 1.84. The standard InChI is InChI=1S/C14H16N2O4S2/c1-2-12-15-9-13(21-12)22(19,20)16-7-6-10-4-3-5-11(8-10)14(17)18/h3-5,8-9,16H,2,6-7H2,1H3,(H,17,18). The predicted octanol–water partition coefficient (Wildman–Crippen LogP) is 1.92. The van der Waals surface area contributed by atoms with Gasteiger partial charge in [0.2, 0.25) is 0 Å². The number of rotatable bonds is 7. The first-order chi connectivity index (χ1) is 10.4. The Labute approximate surface area is 132 Å². The van der Waals surface area contributed by atoms with Gasteiger partial charge in [-0.15, -0.1) is 11.3 Å². The molecular weight excluding hydrogens is 324 g/mol. The van der Waals surface area contributed by atoms with Gasteiger partial charge in [-0.25, -0.2) is 22.9 Å². The van der Waals surface area contributed by atoms with Gasteiger partial charge in [0.25, 0.3) is 10.0 Å². The Morgan fingerprint density at radius 2 is 2.18 bits per heavy atom. The molecule has 1 aromatic carbocycles. The molecule has 0 aliphatic carbocycles. The molecule has 1 aromatic heterocycles. The first-order valence-corrected chi connectivity index (χ1v) is 8.99. The SMILES string of the molecule is CCc1ncc(S(=O)(=O)NCCc2cccc(C(=O)O)c2)s1. The Morgan fingerprint density at radius 1 is 1.41 bits per heavy atom. The van der Waals surface area contributed by atoms with Crippen molar-refractivity contribution >= 4 is 27.3 Å². The number of nitrogens with zero attached hydrogens (tertiary/aromatic N) is 1. The van der Waals surface area contributed by atoms with Crippen molar-refractivity contribution < 1.29 is 18.3 Å². The van der Waals surface area contributed by atoms with E-state index in [0.29, 0.717) is 12.8 Å². The van der Waals surface area contributed by atoms with E-state index in [-0.39, 0.29) is 16.3 Å². The minimum Gasteiger partial charge on any atom is -0.478 e. The second-order valence-corrected chi connectivity index (χ2v) is 7.69. The summed E-state index contributed by atoms with van der Waals surface area (Å²) in [7, 11) is -3.56. The molecule has 6 nitrogen and oxygen atoms in total. The fraction of sp³-hybridized carbons (Fsp3) is 0.286. The highest BCUT2D eigenvalue weighted by atomic mass is 32.2. The summed E-state index contributed by atoms with van der Waals surface area (Å²) < 4.78 is 26.9. The highest BCUT2D eigenvalue weighted by molar-refractivity contribution is 7.91. The summed E-state index contributed by atoms with van der Waals surface area (Å²) in [4.78, 5) is 14.9. The highest BCUT2D eigenvalue weighted by Gasteiger charge is 2.17. The van der Waals surface area contributed by atoms with Crippen LogP contribution in [-0.4, -0.2) is 31.0 Å². The van der Waals surface area contributed by atoms with E-state index in [1.165, 1.54) is 12.3 Å². The maximum atomic E-state index is 12.1. The Morgan fingerprint density at radius 3 is 2.82 bits per heavy atom. The van der Waals surface area contributed by atoms with Crippen molar-refractivity contribution in [1.29, 1.82) is 0 Å². The Kier molecular flexibility index (Phi) is 5.28. The molecule has 0 saturated heterocycles. The van der Waals surface area contributed by atoms with Crippen LogP contribution in [-0.2, 0) is 22.9 Å². The van der Waals surface area contributed by atoms with Gasteiger partial charge in [-0.05, 0) is 30.5 Å². The first-order valence-electron chi connectivity index (χ1n) is 6.69. The average molecular weight is 340 g/mol. The number of nitrogens with one attached hydrogen (secondary N) is 1. The minimum absolute atomic E-state index is 0.190. The lowest BCUT2D eigenvalue weighted by atomic mass is 10.1. The normalized spacial score (nSPS) is 11.5. The van der Waals surface area contributed by atoms with Crippen molar-refractivity contribution in [2.75, 3.05) is 6.54 Å². The van der Waals surface area contributed by atoms with E-state index in [2.05, 4.69) is 9.71 Å². The number of carboxylic acid groups (broad SMARTS) is 1. The number of thiazole rings is 1. The zero-order chi connectivity index (χ0) is 16.2. The van der Waals surface area contributed by atoms with Crippen molar-refractivity contribution in [2.45, 2.75) is 24.0 Å². The summed E-state index contributed by atoms with van der Waals surface area (Å²) >= 11 is 1.15. The van der Waals surface area contributed by atoms with Gasteiger partial charge < -0.3 is 5.11 Å². The predicted molar refractivity (Wildman–Crippen MR) is 83.8 cm³/mol. The number of hydrogen-bond donors (Lipinski definition) is 2. The average Bonchev–Trinajstić information content (AvgIpc) is 2.97. The Balaban J connectivity index is 1.98. The lowest BCUT2D eigenvalue weighted by molar-refractivity contribution is 0.0696. The smallest absolute Gasteiger partial charge is 0.335 e. The summed E-state index contributed by atoms with van der Waals surface area (Å²) in [5.74, 6) is -1.00. The fourth-order valence-corrected chi connectivity index (χ4v) is 4.04. The van der Waals surface area contributed by atoms with Crippen LogP contribution in [0.5, 0.6) is 0 Å². The number of aryl methyl sites for hydroxylation is 1. The van der Waals surface area contributed by atoms with Crippen molar-refractivity contribution in [3.63, 3.8) is 0 Å². The second kappa shape index (κ2) is 6.99. The number of aromatic carboxylic acids is 1. The third kappa shape index (κ3) is 4.12. The molecular formula is C14H16N2O4S2. The first kappa shape index (κ1) is 16.6. The zero-order valence-electron chi connectivity index (χ0n) is 11.9. The van der Waals surface area contributed by atoms with E-state index < -0.39 is 16.0 Å². The molecule has 0 aliphatic rings. The van der Waals surface area contributed by atoms with E-state index in [0.717, 1.165) is 21.9 Å². The molecule has 2 aromatic rings. The van der Waals surface area contributed by atoms with Gasteiger partial charge in [0.15, 0.2) is 4.21 Å². The van der Waals surface area contributed by atoms with E-state index in [1.54, 1.807) is 18.2 Å². The van der Waals surface area contributed by atoms with Crippen LogP contribution in [0.2, 0.25) is 0 Å². The van der Waals surface area contributed by atoms with Crippen molar-refractivity contribution in [3.8, 4) is 0 Å². The zero-order valence-corrected chi connectivity index (χ0v) is 13.6. The van der Waals surface area contributed by atoms with Gasteiger partial charge in [0.1, 0.15) is 0 Å².